The number of nitrogens with one attached hydrogen (secondary N) is 1. The summed E-state index contributed by atoms with van der Waals surface area (Å²) >= 11 is 0. The van der Waals surface area contributed by atoms with Crippen molar-refractivity contribution in [2.75, 3.05) is 19.3 Å². The third-order valence-corrected chi connectivity index (χ3v) is 5.60. The molecule has 0 spiro atoms. The summed E-state index contributed by atoms with van der Waals surface area (Å²) in [5, 5.41) is 7.12. The van der Waals surface area contributed by atoms with Gasteiger partial charge in [-0.2, -0.15) is 13.2 Å². The molecule has 3 rings (SSSR count). The van der Waals surface area contributed by atoms with Gasteiger partial charge < -0.3 is 9.67 Å². The highest BCUT2D eigenvalue weighted by atomic mass is 32.2. The van der Waals surface area contributed by atoms with E-state index in [-0.39, 0.29) is 0 Å². The van der Waals surface area contributed by atoms with Crippen LogP contribution in [0.3, 0.4) is 0 Å². The van der Waals surface area contributed by atoms with Gasteiger partial charge in [0.15, 0.2) is 0 Å². The first kappa shape index (κ1) is 22.6. The molecule has 1 unspecified atom stereocenters. The van der Waals surface area contributed by atoms with Crippen molar-refractivity contribution in [1.29, 1.82) is 0 Å². The number of nitrogens with zero attached hydrogens (tertiary/aromatic N) is 3. The molecule has 1 aromatic heterocycles. The van der Waals surface area contributed by atoms with Crippen molar-refractivity contribution in [3.63, 3.8) is 0 Å². The van der Waals surface area contributed by atoms with Gasteiger partial charge in [-0.3, -0.25) is 4.90 Å². The second kappa shape index (κ2) is 9.23. The van der Waals surface area contributed by atoms with Crippen molar-refractivity contribution in [2.45, 2.75) is 56.9 Å². The van der Waals surface area contributed by atoms with Crippen molar-refractivity contribution >= 4 is 16.0 Å². The summed E-state index contributed by atoms with van der Waals surface area (Å²) in [4.78, 5) is 15.7. The lowest BCUT2D eigenvalue weighted by Crippen LogP contribution is -2.43. The number of rotatable bonds is 5. The van der Waals surface area contributed by atoms with Gasteiger partial charge in [0.1, 0.15) is 0 Å². The fourth-order valence-corrected chi connectivity index (χ4v) is 4.09. The molecule has 160 valence electrons. The summed E-state index contributed by atoms with van der Waals surface area (Å²) in [6.07, 6.45) is 6.01. The third kappa shape index (κ3) is 6.74. The Bertz CT molecular complexity index is 760. The zero-order valence-electron chi connectivity index (χ0n) is 15.5. The number of aromatic nitrogens is 2. The van der Waals surface area contributed by atoms with Gasteiger partial charge in [-0.25, -0.2) is 22.9 Å². The first-order chi connectivity index (χ1) is 13.0. The predicted molar refractivity (Wildman–Crippen MR) is 95.1 cm³/mol. The minimum atomic E-state index is -5.08. The van der Waals surface area contributed by atoms with E-state index in [1.807, 2.05) is 12.5 Å². The number of hydrogen-bond donors (Lipinski definition) is 2. The number of fused-ring (bicyclic) bond motifs is 1. The van der Waals surface area contributed by atoms with Crippen LogP contribution in [0.25, 0.3) is 0 Å². The van der Waals surface area contributed by atoms with E-state index < -0.39 is 22.2 Å². The standard InChI is InChI=1S/C14H24N4O2S.C2HF3O2/c1-21(19,20)16-7-6-13-9-17(12-4-2-3-5-12)10-14-8-15-11-18(13)14;3-2(4,5)1(6)7/h8,11-13,16H,2-7,9-10H2,1H3;(H,6,7). The number of carbonyl (C=O) groups is 1. The lowest BCUT2D eigenvalue weighted by atomic mass is 10.1. The minimum absolute atomic E-state index is 0.311. The molecule has 2 heterocycles. The number of sulfonamides is 1. The molecular weight excluding hydrogens is 401 g/mol. The van der Waals surface area contributed by atoms with Crippen molar-refractivity contribution < 1.29 is 31.5 Å². The van der Waals surface area contributed by atoms with Gasteiger partial charge in [0.25, 0.3) is 0 Å². The normalized spacial score (nSPS) is 21.1. The molecule has 0 amide bonds. The molecule has 1 aliphatic heterocycles. The van der Waals surface area contributed by atoms with Crippen LogP contribution in [0.1, 0.15) is 43.8 Å². The van der Waals surface area contributed by atoms with Crippen LogP contribution in [-0.4, -0.2) is 65.5 Å². The molecule has 0 bridgehead atoms. The van der Waals surface area contributed by atoms with Gasteiger partial charge >= 0.3 is 12.1 Å². The predicted octanol–water partition coefficient (Wildman–Crippen LogP) is 1.75. The molecule has 1 atom stereocenters. The maximum atomic E-state index is 11.2. The van der Waals surface area contributed by atoms with Gasteiger partial charge in [0.2, 0.25) is 10.0 Å². The molecule has 0 saturated heterocycles. The number of carboxylic acid groups (broad SMARTS) is 1. The Hall–Kier alpha value is -1.66. The van der Waals surface area contributed by atoms with Gasteiger partial charge in [0.05, 0.1) is 18.3 Å². The largest absolute Gasteiger partial charge is 0.490 e. The number of alkyl halides is 3. The second-order valence-electron chi connectivity index (χ2n) is 7.07. The zero-order valence-corrected chi connectivity index (χ0v) is 16.3. The zero-order chi connectivity index (χ0) is 20.9. The van der Waals surface area contributed by atoms with E-state index in [2.05, 4.69) is 19.2 Å². The maximum Gasteiger partial charge on any atom is 0.490 e. The molecule has 1 fully saturated rings. The number of hydrogen-bond acceptors (Lipinski definition) is 5. The Morgan fingerprint density at radius 3 is 2.50 bits per heavy atom. The van der Waals surface area contributed by atoms with E-state index in [0.29, 0.717) is 18.6 Å². The summed E-state index contributed by atoms with van der Waals surface area (Å²) < 4.78 is 59.0. The highest BCUT2D eigenvalue weighted by Gasteiger charge is 2.38. The Labute approximate surface area is 161 Å². The van der Waals surface area contributed by atoms with E-state index >= 15 is 0 Å². The topological polar surface area (TPSA) is 105 Å². The lowest BCUT2D eigenvalue weighted by molar-refractivity contribution is -0.192. The molecule has 12 heteroatoms. The van der Waals surface area contributed by atoms with E-state index in [1.54, 1.807) is 0 Å². The van der Waals surface area contributed by atoms with E-state index in [0.717, 1.165) is 19.5 Å². The minimum Gasteiger partial charge on any atom is -0.475 e. The van der Waals surface area contributed by atoms with Crippen LogP contribution in [0.5, 0.6) is 0 Å². The molecule has 0 radical (unpaired) electrons. The number of halogens is 3. The summed E-state index contributed by atoms with van der Waals surface area (Å²) in [5.41, 5.74) is 1.25. The van der Waals surface area contributed by atoms with Crippen molar-refractivity contribution in [3.05, 3.63) is 18.2 Å². The molecule has 2 aliphatic rings. The summed E-state index contributed by atoms with van der Waals surface area (Å²) in [6.45, 7) is 2.46. The van der Waals surface area contributed by atoms with E-state index in [1.165, 1.54) is 37.6 Å². The Morgan fingerprint density at radius 2 is 1.96 bits per heavy atom. The summed E-state index contributed by atoms with van der Waals surface area (Å²) in [6, 6.07) is 1.00. The monoisotopic (exact) mass is 426 g/mol. The highest BCUT2D eigenvalue weighted by molar-refractivity contribution is 7.88. The van der Waals surface area contributed by atoms with E-state index in [9.17, 15) is 21.6 Å². The van der Waals surface area contributed by atoms with Crippen molar-refractivity contribution in [2.24, 2.45) is 0 Å². The molecule has 28 heavy (non-hydrogen) atoms. The van der Waals surface area contributed by atoms with Crippen LogP contribution >= 0.6 is 0 Å². The highest BCUT2D eigenvalue weighted by Crippen LogP contribution is 2.30. The SMILES string of the molecule is CS(=O)(=O)NCCC1CN(C2CCCC2)Cc2cncn21.O=C(O)C(F)(F)F. The Morgan fingerprint density at radius 1 is 1.36 bits per heavy atom. The molecule has 0 aromatic carbocycles. The van der Waals surface area contributed by atoms with E-state index in [4.69, 9.17) is 9.90 Å². The fraction of sp³-hybridized carbons (Fsp3) is 0.750. The summed E-state index contributed by atoms with van der Waals surface area (Å²) in [7, 11) is -3.11. The number of aliphatic carboxylic acids is 1. The first-order valence-electron chi connectivity index (χ1n) is 8.97. The maximum absolute atomic E-state index is 11.2. The van der Waals surface area contributed by atoms with Crippen molar-refractivity contribution in [3.8, 4) is 0 Å². The van der Waals surface area contributed by atoms with Crippen LogP contribution < -0.4 is 4.72 Å². The molecule has 1 aliphatic carbocycles. The molecule has 1 saturated carbocycles. The molecule has 2 N–H and O–H groups in total. The average Bonchev–Trinajstić information content (AvgIpc) is 3.24. The fourth-order valence-electron chi connectivity index (χ4n) is 3.60. The van der Waals surface area contributed by atoms with Crippen LogP contribution in [-0.2, 0) is 21.4 Å². The lowest BCUT2D eigenvalue weighted by Gasteiger charge is -2.38. The molecule has 1 aromatic rings. The second-order valence-corrected chi connectivity index (χ2v) is 8.90. The smallest absolute Gasteiger partial charge is 0.475 e. The van der Waals surface area contributed by atoms with Crippen LogP contribution in [0.2, 0.25) is 0 Å². The van der Waals surface area contributed by atoms with Crippen LogP contribution in [0, 0.1) is 0 Å². The Kier molecular flexibility index (Phi) is 7.46. The molecule has 8 nitrogen and oxygen atoms in total. The van der Waals surface area contributed by atoms with Gasteiger partial charge in [-0.1, -0.05) is 12.8 Å². The molecular formula is C16H25F3N4O4S. The van der Waals surface area contributed by atoms with Crippen molar-refractivity contribution in [1.82, 2.24) is 19.2 Å². The van der Waals surface area contributed by atoms with Gasteiger partial charge in [-0.15, -0.1) is 0 Å². The van der Waals surface area contributed by atoms with Crippen LogP contribution in [0.15, 0.2) is 12.5 Å². The number of imidazole rings is 1. The van der Waals surface area contributed by atoms with Gasteiger partial charge in [0, 0.05) is 37.9 Å². The Balaban J connectivity index is 0.000000345. The van der Waals surface area contributed by atoms with Gasteiger partial charge in [-0.05, 0) is 19.3 Å². The van der Waals surface area contributed by atoms with Crippen LogP contribution in [0.4, 0.5) is 13.2 Å². The summed E-state index contributed by atoms with van der Waals surface area (Å²) in [5.74, 6) is -2.76. The number of carboxylic acids is 1. The third-order valence-electron chi connectivity index (χ3n) is 4.88. The first-order valence-corrected chi connectivity index (χ1v) is 10.9. The quantitative estimate of drug-likeness (QED) is 0.744. The average molecular weight is 426 g/mol.